The molecule has 0 radical (unpaired) electrons. The van der Waals surface area contributed by atoms with Gasteiger partial charge in [0.2, 0.25) is 0 Å². The van der Waals surface area contributed by atoms with E-state index in [0.717, 1.165) is 22.0 Å². The first-order chi connectivity index (χ1) is 12.4. The molecule has 0 aliphatic carbocycles. The van der Waals surface area contributed by atoms with Crippen molar-refractivity contribution in [2.75, 3.05) is 0 Å². The molecule has 1 N–H and O–H groups in total. The number of nitrogens with zero attached hydrogens (tertiary/aromatic N) is 1. The quantitative estimate of drug-likeness (QED) is 0.736. The minimum absolute atomic E-state index is 0.0846. The molecule has 0 spiro atoms. The van der Waals surface area contributed by atoms with Crippen LogP contribution in [0.2, 0.25) is 0 Å². The van der Waals surface area contributed by atoms with E-state index in [4.69, 9.17) is 4.74 Å². The molecule has 0 unspecified atom stereocenters. The first kappa shape index (κ1) is 17.8. The van der Waals surface area contributed by atoms with E-state index in [-0.39, 0.29) is 18.2 Å². The van der Waals surface area contributed by atoms with Crippen molar-refractivity contribution in [1.29, 1.82) is 0 Å². The zero-order valence-corrected chi connectivity index (χ0v) is 15.0. The maximum atomic E-state index is 12.8. The number of carbonyl (C=O) groups is 2. The van der Waals surface area contributed by atoms with Gasteiger partial charge in [0.05, 0.1) is 5.52 Å². The van der Waals surface area contributed by atoms with Gasteiger partial charge in [-0.3, -0.25) is 0 Å². The second kappa shape index (κ2) is 7.08. The summed E-state index contributed by atoms with van der Waals surface area (Å²) in [4.78, 5) is 24.5. The normalized spacial score (nSPS) is 11.0. The highest BCUT2D eigenvalue weighted by Crippen LogP contribution is 2.28. The Bertz CT molecular complexity index is 976. The molecule has 26 heavy (non-hydrogen) atoms. The third-order valence-corrected chi connectivity index (χ3v) is 4.30. The number of aromatic nitrogens is 1. The standard InChI is InChI=1S/C20H20BNO4/c1-12(2)16-10-15(21)8-14-9-17(19(23)24)22(18(14)16)20(25)26-11-13-6-4-3-5-7-13/h3-10,12H,11,21H2,1-2H3,(H,23,24). The van der Waals surface area contributed by atoms with Crippen LogP contribution in [0.15, 0.2) is 48.5 Å². The molecule has 0 aliphatic rings. The third-order valence-electron chi connectivity index (χ3n) is 4.30. The third kappa shape index (κ3) is 3.35. The van der Waals surface area contributed by atoms with Crippen molar-refractivity contribution in [3.8, 4) is 0 Å². The van der Waals surface area contributed by atoms with E-state index >= 15 is 0 Å². The molecule has 1 aromatic heterocycles. The second-order valence-corrected chi connectivity index (χ2v) is 6.66. The molecule has 0 aliphatic heterocycles. The van der Waals surface area contributed by atoms with Crippen LogP contribution in [0.4, 0.5) is 4.79 Å². The molecule has 1 heterocycles. The summed E-state index contributed by atoms with van der Waals surface area (Å²) >= 11 is 0. The number of aromatic carboxylic acids is 1. The zero-order chi connectivity index (χ0) is 18.8. The molecule has 0 bridgehead atoms. The van der Waals surface area contributed by atoms with Crippen molar-refractivity contribution < 1.29 is 19.4 Å². The molecule has 0 saturated carbocycles. The van der Waals surface area contributed by atoms with Gasteiger partial charge in [-0.25, -0.2) is 14.2 Å². The SMILES string of the molecule is Bc1cc(C(C)C)c2c(c1)cc(C(=O)O)n2C(=O)OCc1ccccc1. The van der Waals surface area contributed by atoms with Gasteiger partial charge in [-0.15, -0.1) is 0 Å². The summed E-state index contributed by atoms with van der Waals surface area (Å²) in [7, 11) is 1.96. The monoisotopic (exact) mass is 349 g/mol. The van der Waals surface area contributed by atoms with E-state index in [1.54, 1.807) is 0 Å². The van der Waals surface area contributed by atoms with Crippen LogP contribution < -0.4 is 5.46 Å². The van der Waals surface area contributed by atoms with Crippen LogP contribution in [0, 0.1) is 0 Å². The van der Waals surface area contributed by atoms with E-state index in [1.807, 2.05) is 64.2 Å². The van der Waals surface area contributed by atoms with Gasteiger partial charge in [0.15, 0.2) is 0 Å². The number of benzene rings is 2. The highest BCUT2D eigenvalue weighted by Gasteiger charge is 2.24. The predicted molar refractivity (Wildman–Crippen MR) is 103 cm³/mol. The number of hydrogen-bond acceptors (Lipinski definition) is 3. The Morgan fingerprint density at radius 2 is 1.85 bits per heavy atom. The molecule has 0 saturated heterocycles. The van der Waals surface area contributed by atoms with Crippen molar-refractivity contribution in [2.24, 2.45) is 0 Å². The minimum Gasteiger partial charge on any atom is -0.477 e. The van der Waals surface area contributed by atoms with E-state index in [0.29, 0.717) is 5.52 Å². The fraction of sp³-hybridized carbons (Fsp3) is 0.200. The Morgan fingerprint density at radius 3 is 2.46 bits per heavy atom. The minimum atomic E-state index is -1.16. The Kier molecular flexibility index (Phi) is 4.84. The lowest BCUT2D eigenvalue weighted by Crippen LogP contribution is -2.20. The van der Waals surface area contributed by atoms with Crippen LogP contribution in [0.3, 0.4) is 0 Å². The highest BCUT2D eigenvalue weighted by molar-refractivity contribution is 6.33. The summed E-state index contributed by atoms with van der Waals surface area (Å²) in [6.07, 6.45) is -0.688. The van der Waals surface area contributed by atoms with Crippen LogP contribution in [-0.2, 0) is 11.3 Å². The average Bonchev–Trinajstić information content (AvgIpc) is 2.99. The van der Waals surface area contributed by atoms with Crippen LogP contribution in [-0.4, -0.2) is 29.6 Å². The fourth-order valence-corrected chi connectivity index (χ4v) is 3.11. The van der Waals surface area contributed by atoms with Gasteiger partial charge in [0.1, 0.15) is 20.1 Å². The van der Waals surface area contributed by atoms with Gasteiger partial charge in [-0.05, 0) is 23.1 Å². The van der Waals surface area contributed by atoms with E-state index in [1.165, 1.54) is 10.6 Å². The number of ether oxygens (including phenoxy) is 1. The van der Waals surface area contributed by atoms with Crippen LogP contribution >= 0.6 is 0 Å². The van der Waals surface area contributed by atoms with Crippen LogP contribution in [0.5, 0.6) is 0 Å². The molecule has 0 atom stereocenters. The molecular formula is C20H20BNO4. The topological polar surface area (TPSA) is 68.5 Å². The lowest BCUT2D eigenvalue weighted by molar-refractivity contribution is 0.0681. The molecule has 3 rings (SSSR count). The van der Waals surface area contributed by atoms with Crippen LogP contribution in [0.25, 0.3) is 10.9 Å². The Morgan fingerprint density at radius 1 is 1.15 bits per heavy atom. The number of hydrogen-bond donors (Lipinski definition) is 1. The molecule has 0 fully saturated rings. The summed E-state index contributed by atoms with van der Waals surface area (Å²) < 4.78 is 6.57. The number of carboxylic acids is 1. The Hall–Kier alpha value is -3.02. The van der Waals surface area contributed by atoms with Crippen molar-refractivity contribution >= 4 is 36.3 Å². The maximum Gasteiger partial charge on any atom is 0.419 e. The molecule has 0 amide bonds. The van der Waals surface area contributed by atoms with Crippen molar-refractivity contribution in [2.45, 2.75) is 26.4 Å². The molecule has 5 nitrogen and oxygen atoms in total. The van der Waals surface area contributed by atoms with E-state index < -0.39 is 12.1 Å². The lowest BCUT2D eigenvalue weighted by Gasteiger charge is -2.14. The summed E-state index contributed by atoms with van der Waals surface area (Å²) in [6.45, 7) is 4.11. The van der Waals surface area contributed by atoms with E-state index in [2.05, 4.69) is 0 Å². The first-order valence-corrected chi connectivity index (χ1v) is 8.49. The van der Waals surface area contributed by atoms with Crippen molar-refractivity contribution in [1.82, 2.24) is 4.57 Å². The molecule has 6 heteroatoms. The van der Waals surface area contributed by atoms with Gasteiger partial charge >= 0.3 is 12.1 Å². The van der Waals surface area contributed by atoms with Gasteiger partial charge in [-0.2, -0.15) is 0 Å². The molecular weight excluding hydrogens is 329 g/mol. The van der Waals surface area contributed by atoms with Gasteiger partial charge in [0, 0.05) is 5.39 Å². The fourth-order valence-electron chi connectivity index (χ4n) is 3.11. The number of carboxylic acid groups (broad SMARTS) is 1. The number of carbonyl (C=O) groups excluding carboxylic acids is 1. The van der Waals surface area contributed by atoms with Gasteiger partial charge in [0.25, 0.3) is 0 Å². The summed E-state index contributed by atoms with van der Waals surface area (Å²) in [5.74, 6) is -1.03. The number of fused-ring (bicyclic) bond motifs is 1. The lowest BCUT2D eigenvalue weighted by atomic mass is 9.89. The maximum absolute atomic E-state index is 12.8. The molecule has 132 valence electrons. The first-order valence-electron chi connectivity index (χ1n) is 8.49. The Balaban J connectivity index is 2.09. The largest absolute Gasteiger partial charge is 0.477 e. The van der Waals surface area contributed by atoms with Gasteiger partial charge in [-0.1, -0.05) is 61.8 Å². The summed E-state index contributed by atoms with van der Waals surface area (Å²) in [5, 5.41) is 10.3. The molecule has 3 aromatic rings. The average molecular weight is 349 g/mol. The van der Waals surface area contributed by atoms with Gasteiger partial charge < -0.3 is 9.84 Å². The smallest absolute Gasteiger partial charge is 0.419 e. The zero-order valence-electron chi connectivity index (χ0n) is 15.0. The van der Waals surface area contributed by atoms with Crippen molar-refractivity contribution in [3.05, 3.63) is 65.4 Å². The predicted octanol–water partition coefficient (Wildman–Crippen LogP) is 2.91. The molecule has 2 aromatic carbocycles. The number of rotatable bonds is 4. The Labute approximate surface area is 152 Å². The van der Waals surface area contributed by atoms with Crippen molar-refractivity contribution in [3.63, 3.8) is 0 Å². The van der Waals surface area contributed by atoms with E-state index in [9.17, 15) is 14.7 Å². The highest BCUT2D eigenvalue weighted by atomic mass is 16.5. The van der Waals surface area contributed by atoms with Crippen LogP contribution in [0.1, 0.15) is 41.4 Å². The summed E-state index contributed by atoms with van der Waals surface area (Å²) in [6, 6.07) is 14.7. The second-order valence-electron chi connectivity index (χ2n) is 6.66. The summed E-state index contributed by atoms with van der Waals surface area (Å²) in [5.41, 5.74) is 3.29.